The lowest BCUT2D eigenvalue weighted by Gasteiger charge is -2.29. The van der Waals surface area contributed by atoms with Gasteiger partial charge in [0.2, 0.25) is 0 Å². The fourth-order valence-electron chi connectivity index (χ4n) is 3.01. The van der Waals surface area contributed by atoms with E-state index in [-0.39, 0.29) is 12.0 Å². The molecule has 7 nitrogen and oxygen atoms in total. The first-order chi connectivity index (χ1) is 13.2. The first-order valence-electron chi connectivity index (χ1n) is 9.97. The van der Waals surface area contributed by atoms with Crippen LogP contribution in [0.5, 0.6) is 0 Å². The van der Waals surface area contributed by atoms with Crippen LogP contribution in [0.25, 0.3) is 0 Å². The van der Waals surface area contributed by atoms with E-state index in [9.17, 15) is 14.7 Å². The minimum Gasteiger partial charge on any atom is -0.444 e. The van der Waals surface area contributed by atoms with Gasteiger partial charge in [-0.2, -0.15) is 0 Å². The molecule has 7 heteroatoms. The number of carbonyl (C=O) groups is 2. The average molecular weight is 392 g/mol. The van der Waals surface area contributed by atoms with Gasteiger partial charge in [0.25, 0.3) is 5.91 Å². The number of rotatable bonds is 7. The Morgan fingerprint density at radius 3 is 2.39 bits per heavy atom. The van der Waals surface area contributed by atoms with E-state index in [2.05, 4.69) is 15.5 Å². The van der Waals surface area contributed by atoms with Crippen LogP contribution in [0.2, 0.25) is 0 Å². The van der Waals surface area contributed by atoms with Gasteiger partial charge in [-0.25, -0.2) is 4.79 Å². The first-order valence-corrected chi connectivity index (χ1v) is 9.97. The predicted octanol–water partition coefficient (Wildman–Crippen LogP) is 2.29. The number of nitrogens with one attached hydrogen (secondary N) is 2. The summed E-state index contributed by atoms with van der Waals surface area (Å²) < 4.78 is 5.20. The fraction of sp³-hybridized carbons (Fsp3) is 0.619. The Balaban J connectivity index is 1.66. The highest BCUT2D eigenvalue weighted by Gasteiger charge is 2.17. The lowest BCUT2D eigenvalue weighted by atomic mass is 10.1. The minimum absolute atomic E-state index is 0.0966. The molecule has 0 bridgehead atoms. The van der Waals surface area contributed by atoms with Gasteiger partial charge in [0, 0.05) is 31.7 Å². The molecule has 28 heavy (non-hydrogen) atoms. The molecule has 0 unspecified atom stereocenters. The molecule has 1 aromatic carbocycles. The third-order valence-electron chi connectivity index (χ3n) is 4.55. The van der Waals surface area contributed by atoms with E-state index in [1.807, 2.05) is 32.9 Å². The number of aliphatic hydroxyl groups is 1. The maximum atomic E-state index is 12.2. The lowest BCUT2D eigenvalue weighted by Crippen LogP contribution is -2.37. The van der Waals surface area contributed by atoms with Crippen LogP contribution in [0.3, 0.4) is 0 Å². The fourth-order valence-corrected chi connectivity index (χ4v) is 3.01. The van der Waals surface area contributed by atoms with Crippen LogP contribution in [-0.4, -0.2) is 59.9 Å². The Labute approximate surface area is 167 Å². The van der Waals surface area contributed by atoms with Gasteiger partial charge in [-0.05, 0) is 64.3 Å². The molecule has 3 N–H and O–H groups in total. The summed E-state index contributed by atoms with van der Waals surface area (Å²) in [5, 5.41) is 15.1. The van der Waals surface area contributed by atoms with Gasteiger partial charge in [-0.15, -0.1) is 0 Å². The van der Waals surface area contributed by atoms with Gasteiger partial charge in [0.1, 0.15) is 5.60 Å². The second-order valence-corrected chi connectivity index (χ2v) is 8.23. The molecule has 1 saturated heterocycles. The normalized spacial score (nSPS) is 15.9. The van der Waals surface area contributed by atoms with E-state index >= 15 is 0 Å². The van der Waals surface area contributed by atoms with Crippen molar-refractivity contribution in [1.82, 2.24) is 15.5 Å². The number of ether oxygens (including phenoxy) is 1. The highest BCUT2D eigenvalue weighted by atomic mass is 16.6. The van der Waals surface area contributed by atoms with Crippen LogP contribution >= 0.6 is 0 Å². The molecular weight excluding hydrogens is 358 g/mol. The summed E-state index contributed by atoms with van der Waals surface area (Å²) in [5.41, 5.74) is 0.971. The van der Waals surface area contributed by atoms with Crippen molar-refractivity contribution in [3.63, 3.8) is 0 Å². The van der Waals surface area contributed by atoms with Crippen molar-refractivity contribution < 1.29 is 19.4 Å². The van der Waals surface area contributed by atoms with E-state index in [0.717, 1.165) is 44.5 Å². The number of nitrogens with zero attached hydrogens (tertiary/aromatic N) is 1. The number of hydrogen-bond acceptors (Lipinski definition) is 5. The summed E-state index contributed by atoms with van der Waals surface area (Å²) in [4.78, 5) is 26.2. The molecule has 0 spiro atoms. The van der Waals surface area contributed by atoms with Crippen molar-refractivity contribution in [3.05, 3.63) is 35.4 Å². The second-order valence-electron chi connectivity index (χ2n) is 8.23. The molecular formula is C21H33N3O4. The summed E-state index contributed by atoms with van der Waals surface area (Å²) in [7, 11) is 0. The molecule has 0 radical (unpaired) electrons. The maximum Gasteiger partial charge on any atom is 0.407 e. The number of amides is 2. The number of piperidine rings is 1. The lowest BCUT2D eigenvalue weighted by molar-refractivity contribution is 0.0523. The van der Waals surface area contributed by atoms with Crippen LogP contribution in [0.15, 0.2) is 24.3 Å². The van der Waals surface area contributed by atoms with Gasteiger partial charge < -0.3 is 25.4 Å². The minimum atomic E-state index is -0.527. The molecule has 1 heterocycles. The van der Waals surface area contributed by atoms with Crippen molar-refractivity contribution >= 4 is 12.0 Å². The highest BCUT2D eigenvalue weighted by molar-refractivity contribution is 5.94. The smallest absolute Gasteiger partial charge is 0.407 e. The molecule has 1 aliphatic rings. The Kier molecular flexibility index (Phi) is 8.26. The van der Waals surface area contributed by atoms with Gasteiger partial charge in [-0.1, -0.05) is 12.1 Å². The van der Waals surface area contributed by atoms with Crippen LogP contribution in [0.4, 0.5) is 4.79 Å². The molecule has 1 aromatic rings. The summed E-state index contributed by atoms with van der Waals surface area (Å²) >= 11 is 0. The Bertz CT molecular complexity index is 632. The van der Waals surface area contributed by atoms with Crippen molar-refractivity contribution in [1.29, 1.82) is 0 Å². The van der Waals surface area contributed by atoms with Gasteiger partial charge in [0.05, 0.1) is 6.10 Å². The third-order valence-corrected chi connectivity index (χ3v) is 4.55. The van der Waals surface area contributed by atoms with E-state index in [4.69, 9.17) is 4.74 Å². The topological polar surface area (TPSA) is 90.9 Å². The van der Waals surface area contributed by atoms with E-state index in [0.29, 0.717) is 18.7 Å². The quantitative estimate of drug-likeness (QED) is 0.621. The SMILES string of the molecule is CC(C)(C)OC(=O)NCc1ccc(C(=O)NCCCN2CCC(O)CC2)cc1. The zero-order chi connectivity index (χ0) is 20.6. The molecule has 0 aliphatic carbocycles. The zero-order valence-electron chi connectivity index (χ0n) is 17.2. The van der Waals surface area contributed by atoms with Gasteiger partial charge >= 0.3 is 6.09 Å². The molecule has 1 aliphatic heterocycles. The number of aliphatic hydroxyl groups excluding tert-OH is 1. The molecule has 2 amide bonds. The Hall–Kier alpha value is -2.12. The van der Waals surface area contributed by atoms with Crippen LogP contribution < -0.4 is 10.6 Å². The number of benzene rings is 1. The van der Waals surface area contributed by atoms with E-state index < -0.39 is 11.7 Å². The monoisotopic (exact) mass is 391 g/mol. The van der Waals surface area contributed by atoms with Crippen molar-refractivity contribution in [2.24, 2.45) is 0 Å². The molecule has 2 rings (SSSR count). The zero-order valence-corrected chi connectivity index (χ0v) is 17.2. The van der Waals surface area contributed by atoms with Crippen LogP contribution in [0.1, 0.15) is 56.0 Å². The van der Waals surface area contributed by atoms with Crippen LogP contribution in [0, 0.1) is 0 Å². The molecule has 1 fully saturated rings. The second kappa shape index (κ2) is 10.4. The summed E-state index contributed by atoms with van der Waals surface area (Å²) in [6, 6.07) is 7.16. The van der Waals surface area contributed by atoms with Gasteiger partial charge in [-0.3, -0.25) is 4.79 Å². The van der Waals surface area contributed by atoms with Crippen molar-refractivity contribution in [2.45, 2.75) is 58.3 Å². The van der Waals surface area contributed by atoms with Crippen molar-refractivity contribution in [2.75, 3.05) is 26.2 Å². The molecule has 0 atom stereocenters. The predicted molar refractivity (Wildman–Crippen MR) is 108 cm³/mol. The summed E-state index contributed by atoms with van der Waals surface area (Å²) in [6.07, 6.45) is 1.94. The molecule has 156 valence electrons. The average Bonchev–Trinajstić information content (AvgIpc) is 2.64. The maximum absolute atomic E-state index is 12.2. The summed E-state index contributed by atoms with van der Waals surface area (Å²) in [6.45, 7) is 9.20. The largest absolute Gasteiger partial charge is 0.444 e. The van der Waals surface area contributed by atoms with E-state index in [1.54, 1.807) is 12.1 Å². The van der Waals surface area contributed by atoms with Crippen LogP contribution in [-0.2, 0) is 11.3 Å². The Morgan fingerprint density at radius 1 is 1.14 bits per heavy atom. The highest BCUT2D eigenvalue weighted by Crippen LogP contribution is 2.10. The molecule has 0 aromatic heterocycles. The Morgan fingerprint density at radius 2 is 1.79 bits per heavy atom. The van der Waals surface area contributed by atoms with Gasteiger partial charge in [0.15, 0.2) is 0 Å². The van der Waals surface area contributed by atoms with E-state index in [1.165, 1.54) is 0 Å². The standard InChI is InChI=1S/C21H33N3O4/c1-21(2,3)28-20(27)23-15-16-5-7-17(8-6-16)19(26)22-11-4-12-24-13-9-18(25)10-14-24/h5-8,18,25H,4,9-15H2,1-3H3,(H,22,26)(H,23,27). The number of carbonyl (C=O) groups excluding carboxylic acids is 2. The third kappa shape index (κ3) is 8.27. The number of alkyl carbamates (subject to hydrolysis) is 1. The van der Waals surface area contributed by atoms with Crippen molar-refractivity contribution in [3.8, 4) is 0 Å². The summed E-state index contributed by atoms with van der Waals surface area (Å²) in [5.74, 6) is -0.0966. The number of likely N-dealkylation sites (tertiary alicyclic amines) is 1. The number of hydrogen-bond donors (Lipinski definition) is 3. The molecule has 0 saturated carbocycles. The first kappa shape index (κ1) is 22.2.